The predicted octanol–water partition coefficient (Wildman–Crippen LogP) is 4.42. The van der Waals surface area contributed by atoms with Crippen molar-refractivity contribution in [3.05, 3.63) is 40.2 Å². The number of rotatable bonds is 8. The van der Waals surface area contributed by atoms with E-state index in [9.17, 15) is 10.1 Å². The zero-order chi connectivity index (χ0) is 20.4. The molecule has 0 spiro atoms. The maximum atomic E-state index is 10.7. The van der Waals surface area contributed by atoms with Gasteiger partial charge in [0.05, 0.1) is 11.5 Å². The number of hydrogen-bond donors (Lipinski definition) is 0. The van der Waals surface area contributed by atoms with Crippen LogP contribution in [0.2, 0.25) is 0 Å². The maximum absolute atomic E-state index is 10.7. The van der Waals surface area contributed by atoms with Gasteiger partial charge in [-0.2, -0.15) is 4.98 Å². The Morgan fingerprint density at radius 1 is 1.28 bits per heavy atom. The largest absolute Gasteiger partial charge is 0.494 e. The highest BCUT2D eigenvalue weighted by atomic mass is 16.6. The van der Waals surface area contributed by atoms with Gasteiger partial charge in [0.25, 0.3) is 5.69 Å². The quantitative estimate of drug-likeness (QED) is 0.478. The van der Waals surface area contributed by atoms with Gasteiger partial charge in [0.2, 0.25) is 0 Å². The van der Waals surface area contributed by atoms with Gasteiger partial charge in [-0.15, -0.1) is 0 Å². The van der Waals surface area contributed by atoms with E-state index in [-0.39, 0.29) is 11.6 Å². The second kappa shape index (κ2) is 8.39. The number of ether oxygens (including phenoxy) is 1. The molecule has 8 heteroatoms. The lowest BCUT2D eigenvalue weighted by Gasteiger charge is -2.30. The second-order valence-corrected chi connectivity index (χ2v) is 8.46. The van der Waals surface area contributed by atoms with Crippen LogP contribution in [0.25, 0.3) is 0 Å². The average Bonchev–Trinajstić information content (AvgIpc) is 3.31. The van der Waals surface area contributed by atoms with Gasteiger partial charge in [-0.25, -0.2) is 0 Å². The Labute approximate surface area is 170 Å². The normalized spacial score (nSPS) is 22.1. The standard InChI is InChI=1S/C21H28N4O4/c1-14(2)20-22-21(29-23-20)24-10-7-15(8-11-24)19-13-16(19)9-12-28-18-5-3-17(4-6-18)25(26)27/h3-6,14-16,19H,7-13H2,1-2H3/t16-,19-/m1/s1. The van der Waals surface area contributed by atoms with Crippen LogP contribution in [0.5, 0.6) is 5.75 Å². The summed E-state index contributed by atoms with van der Waals surface area (Å²) in [6.07, 6.45) is 4.67. The molecule has 2 heterocycles. The molecular formula is C21H28N4O4. The van der Waals surface area contributed by atoms with Crippen molar-refractivity contribution in [3.8, 4) is 5.75 Å². The Hall–Kier alpha value is -2.64. The summed E-state index contributed by atoms with van der Waals surface area (Å²) < 4.78 is 11.2. The minimum Gasteiger partial charge on any atom is -0.494 e. The molecule has 1 aromatic carbocycles. The topological polar surface area (TPSA) is 94.5 Å². The smallest absolute Gasteiger partial charge is 0.324 e. The number of hydrogen-bond acceptors (Lipinski definition) is 7. The molecule has 0 N–H and O–H groups in total. The average molecular weight is 400 g/mol. The van der Waals surface area contributed by atoms with E-state index < -0.39 is 4.92 Å². The van der Waals surface area contributed by atoms with Crippen molar-refractivity contribution in [2.75, 3.05) is 24.6 Å². The Bertz CT molecular complexity index is 827. The molecule has 0 radical (unpaired) electrons. The van der Waals surface area contributed by atoms with Crippen LogP contribution in [0.3, 0.4) is 0 Å². The molecule has 1 saturated carbocycles. The molecule has 2 aromatic rings. The first-order chi connectivity index (χ1) is 14.0. The first-order valence-electron chi connectivity index (χ1n) is 10.5. The zero-order valence-electron chi connectivity index (χ0n) is 17.0. The fraction of sp³-hybridized carbons (Fsp3) is 0.619. The summed E-state index contributed by atoms with van der Waals surface area (Å²) in [5.41, 5.74) is 0.0897. The first-order valence-corrected chi connectivity index (χ1v) is 10.5. The molecule has 0 amide bonds. The lowest BCUT2D eigenvalue weighted by Crippen LogP contribution is -2.34. The van der Waals surface area contributed by atoms with Crippen LogP contribution >= 0.6 is 0 Å². The Kier molecular flexibility index (Phi) is 5.69. The molecule has 1 saturated heterocycles. The third-order valence-electron chi connectivity index (χ3n) is 6.15. The van der Waals surface area contributed by atoms with Crippen molar-refractivity contribution < 1.29 is 14.2 Å². The van der Waals surface area contributed by atoms with Gasteiger partial charge >= 0.3 is 6.01 Å². The lowest BCUT2D eigenvalue weighted by atomic mass is 9.90. The maximum Gasteiger partial charge on any atom is 0.324 e. The van der Waals surface area contributed by atoms with Crippen molar-refractivity contribution in [2.24, 2.45) is 17.8 Å². The number of anilines is 1. The van der Waals surface area contributed by atoms with E-state index in [0.717, 1.165) is 43.1 Å². The summed E-state index contributed by atoms with van der Waals surface area (Å²) in [4.78, 5) is 17.0. The van der Waals surface area contributed by atoms with Crippen LogP contribution < -0.4 is 9.64 Å². The molecule has 29 heavy (non-hydrogen) atoms. The van der Waals surface area contributed by atoms with Crippen LogP contribution in [-0.2, 0) is 0 Å². The van der Waals surface area contributed by atoms with Gasteiger partial charge in [0.1, 0.15) is 5.75 Å². The summed E-state index contributed by atoms with van der Waals surface area (Å²) in [7, 11) is 0. The van der Waals surface area contributed by atoms with Gasteiger partial charge in [-0.1, -0.05) is 19.0 Å². The van der Waals surface area contributed by atoms with Gasteiger partial charge in [0, 0.05) is 31.1 Å². The Balaban J connectivity index is 1.17. The fourth-order valence-electron chi connectivity index (χ4n) is 4.28. The summed E-state index contributed by atoms with van der Waals surface area (Å²) in [6, 6.07) is 6.96. The predicted molar refractivity (Wildman–Crippen MR) is 108 cm³/mol. The molecule has 4 rings (SSSR count). The molecule has 8 nitrogen and oxygen atoms in total. The molecule has 2 atom stereocenters. The Morgan fingerprint density at radius 2 is 2.00 bits per heavy atom. The third kappa shape index (κ3) is 4.68. The summed E-state index contributed by atoms with van der Waals surface area (Å²) in [5, 5.41) is 14.8. The second-order valence-electron chi connectivity index (χ2n) is 8.46. The van der Waals surface area contributed by atoms with Gasteiger partial charge in [-0.05, 0) is 55.6 Å². The monoisotopic (exact) mass is 400 g/mol. The number of non-ortho nitro benzene ring substituents is 1. The first kappa shape index (κ1) is 19.7. The molecule has 1 aliphatic carbocycles. The number of aromatic nitrogens is 2. The van der Waals surface area contributed by atoms with E-state index >= 15 is 0 Å². The van der Waals surface area contributed by atoms with E-state index in [2.05, 4.69) is 28.9 Å². The third-order valence-corrected chi connectivity index (χ3v) is 6.15. The van der Waals surface area contributed by atoms with E-state index in [0.29, 0.717) is 18.4 Å². The highest BCUT2D eigenvalue weighted by molar-refractivity contribution is 5.36. The molecule has 1 aliphatic heterocycles. The van der Waals surface area contributed by atoms with Crippen LogP contribution in [-0.4, -0.2) is 34.8 Å². The van der Waals surface area contributed by atoms with Crippen LogP contribution in [0.15, 0.2) is 28.8 Å². The van der Waals surface area contributed by atoms with Crippen molar-refractivity contribution in [3.63, 3.8) is 0 Å². The van der Waals surface area contributed by atoms with Gasteiger partial charge < -0.3 is 14.2 Å². The Morgan fingerprint density at radius 3 is 2.62 bits per heavy atom. The molecule has 1 aromatic heterocycles. The van der Waals surface area contributed by atoms with Crippen LogP contribution in [0.4, 0.5) is 11.7 Å². The SMILES string of the molecule is CC(C)c1noc(N2CCC([C@H]3C[C@H]3CCOc3ccc([N+](=O)[O-])cc3)CC2)n1. The lowest BCUT2D eigenvalue weighted by molar-refractivity contribution is -0.384. The summed E-state index contributed by atoms with van der Waals surface area (Å²) >= 11 is 0. The van der Waals surface area contributed by atoms with E-state index in [4.69, 9.17) is 9.26 Å². The van der Waals surface area contributed by atoms with E-state index in [1.807, 2.05) is 0 Å². The number of nitro groups is 1. The van der Waals surface area contributed by atoms with E-state index in [1.54, 1.807) is 12.1 Å². The number of piperidine rings is 1. The van der Waals surface area contributed by atoms with Crippen molar-refractivity contribution in [1.29, 1.82) is 0 Å². The van der Waals surface area contributed by atoms with Crippen molar-refractivity contribution >= 4 is 11.7 Å². The fourth-order valence-corrected chi connectivity index (χ4v) is 4.28. The molecule has 0 bridgehead atoms. The molecular weight excluding hydrogens is 372 g/mol. The highest BCUT2D eigenvalue weighted by Gasteiger charge is 2.43. The summed E-state index contributed by atoms with van der Waals surface area (Å²) in [5.74, 6) is 4.06. The highest BCUT2D eigenvalue weighted by Crippen LogP contribution is 2.50. The number of nitro benzene ring substituents is 1. The van der Waals surface area contributed by atoms with Crippen molar-refractivity contribution in [1.82, 2.24) is 10.1 Å². The van der Waals surface area contributed by atoms with Gasteiger partial charge in [-0.3, -0.25) is 10.1 Å². The molecule has 156 valence electrons. The minimum atomic E-state index is -0.397. The van der Waals surface area contributed by atoms with E-state index in [1.165, 1.54) is 31.4 Å². The van der Waals surface area contributed by atoms with Gasteiger partial charge in [0.15, 0.2) is 5.82 Å². The molecule has 2 fully saturated rings. The molecule has 2 aliphatic rings. The summed E-state index contributed by atoms with van der Waals surface area (Å²) in [6.45, 7) is 6.76. The zero-order valence-corrected chi connectivity index (χ0v) is 17.0. The van der Waals surface area contributed by atoms with Crippen LogP contribution in [0, 0.1) is 27.9 Å². The van der Waals surface area contributed by atoms with Crippen molar-refractivity contribution in [2.45, 2.75) is 45.4 Å². The van der Waals surface area contributed by atoms with Crippen LogP contribution in [0.1, 0.15) is 51.3 Å². The molecule has 0 unspecified atom stereocenters. The number of nitrogens with zero attached hydrogens (tertiary/aromatic N) is 4. The number of benzene rings is 1. The minimum absolute atomic E-state index is 0.0897.